The van der Waals surface area contributed by atoms with E-state index in [1.165, 1.54) is 0 Å². The van der Waals surface area contributed by atoms with Gasteiger partial charge in [0.05, 0.1) is 12.1 Å². The van der Waals surface area contributed by atoms with Crippen LogP contribution >= 0.6 is 0 Å². The highest BCUT2D eigenvalue weighted by molar-refractivity contribution is 5.81. The Morgan fingerprint density at radius 1 is 1.29 bits per heavy atom. The van der Waals surface area contributed by atoms with Gasteiger partial charge in [0.15, 0.2) is 0 Å². The summed E-state index contributed by atoms with van der Waals surface area (Å²) >= 11 is 0. The molecule has 1 aliphatic rings. The Balaban J connectivity index is 2.79. The van der Waals surface area contributed by atoms with E-state index < -0.39 is 48.2 Å². The van der Waals surface area contributed by atoms with E-state index in [9.17, 15) is 27.9 Å². The fourth-order valence-corrected chi connectivity index (χ4v) is 2.60. The van der Waals surface area contributed by atoms with Crippen molar-refractivity contribution < 1.29 is 33.0 Å². The number of nitrogens with one attached hydrogen (secondary N) is 1. The molecule has 3 N–H and O–H groups in total. The van der Waals surface area contributed by atoms with Crippen molar-refractivity contribution in [1.82, 2.24) is 10.2 Å². The van der Waals surface area contributed by atoms with Crippen molar-refractivity contribution in [2.75, 3.05) is 13.1 Å². The predicted molar refractivity (Wildman–Crippen MR) is 66.5 cm³/mol. The molecule has 1 rings (SSSR count). The first kappa shape index (κ1) is 17.5. The SMILES string of the molecule is CC(C)(C)C1[C@@H](O)[C@@H](CNC(=O)C(F)(F)F)CN1C(=O)O. The minimum Gasteiger partial charge on any atom is -0.465 e. The Labute approximate surface area is 119 Å². The van der Waals surface area contributed by atoms with Crippen molar-refractivity contribution in [1.29, 1.82) is 0 Å². The Kier molecular flexibility index (Phi) is 4.76. The lowest BCUT2D eigenvalue weighted by Crippen LogP contribution is -2.48. The van der Waals surface area contributed by atoms with Gasteiger partial charge in [0.25, 0.3) is 0 Å². The monoisotopic (exact) mass is 312 g/mol. The maximum Gasteiger partial charge on any atom is 0.471 e. The Bertz CT molecular complexity index is 420. The number of rotatable bonds is 2. The van der Waals surface area contributed by atoms with Crippen molar-refractivity contribution in [3.8, 4) is 0 Å². The van der Waals surface area contributed by atoms with Gasteiger partial charge in [0.2, 0.25) is 0 Å². The Morgan fingerprint density at radius 2 is 1.81 bits per heavy atom. The topological polar surface area (TPSA) is 89.9 Å². The number of hydrogen-bond acceptors (Lipinski definition) is 3. The molecular formula is C12H19F3N2O4. The van der Waals surface area contributed by atoms with E-state index >= 15 is 0 Å². The smallest absolute Gasteiger partial charge is 0.465 e. The zero-order valence-corrected chi connectivity index (χ0v) is 11.9. The van der Waals surface area contributed by atoms with E-state index in [2.05, 4.69) is 0 Å². The molecule has 1 unspecified atom stereocenters. The second-order valence-electron chi connectivity index (χ2n) is 6.20. The normalized spacial score (nSPS) is 26.8. The van der Waals surface area contributed by atoms with Crippen LogP contribution in [-0.2, 0) is 4.79 Å². The number of nitrogens with zero attached hydrogens (tertiary/aromatic N) is 1. The highest BCUT2D eigenvalue weighted by atomic mass is 19.4. The zero-order valence-electron chi connectivity index (χ0n) is 11.9. The van der Waals surface area contributed by atoms with Crippen LogP contribution in [0, 0.1) is 11.3 Å². The maximum atomic E-state index is 12.1. The molecule has 21 heavy (non-hydrogen) atoms. The number of hydrogen-bond donors (Lipinski definition) is 3. The van der Waals surface area contributed by atoms with Gasteiger partial charge in [0, 0.05) is 19.0 Å². The van der Waals surface area contributed by atoms with Crippen LogP contribution in [0.2, 0.25) is 0 Å². The lowest BCUT2D eigenvalue weighted by molar-refractivity contribution is -0.173. The van der Waals surface area contributed by atoms with Crippen LogP contribution in [0.5, 0.6) is 0 Å². The van der Waals surface area contributed by atoms with Crippen LogP contribution in [0.15, 0.2) is 0 Å². The van der Waals surface area contributed by atoms with Gasteiger partial charge in [-0.2, -0.15) is 13.2 Å². The minimum atomic E-state index is -5.00. The van der Waals surface area contributed by atoms with Crippen molar-refractivity contribution >= 4 is 12.0 Å². The van der Waals surface area contributed by atoms with E-state index in [4.69, 9.17) is 5.11 Å². The first-order valence-electron chi connectivity index (χ1n) is 6.38. The molecule has 0 aromatic heterocycles. The summed E-state index contributed by atoms with van der Waals surface area (Å²) in [4.78, 5) is 23.0. The van der Waals surface area contributed by atoms with E-state index in [0.717, 1.165) is 4.90 Å². The van der Waals surface area contributed by atoms with E-state index in [1.54, 1.807) is 26.1 Å². The molecule has 1 saturated heterocycles. The van der Waals surface area contributed by atoms with Gasteiger partial charge >= 0.3 is 18.2 Å². The molecule has 0 aromatic carbocycles. The number of aliphatic hydroxyl groups is 1. The lowest BCUT2D eigenvalue weighted by Gasteiger charge is -2.35. The zero-order chi connectivity index (χ0) is 16.6. The number of amides is 2. The van der Waals surface area contributed by atoms with E-state index in [1.807, 2.05) is 0 Å². The summed E-state index contributed by atoms with van der Waals surface area (Å²) in [6.45, 7) is 4.63. The standard InChI is InChI=1S/C12H19F3N2O4/c1-11(2,3)8-7(18)6(5-17(8)10(20)21)4-16-9(19)12(13,14)15/h6-8,18H,4-5H2,1-3H3,(H,16,19)(H,20,21)/t6-,7-,8?/m0/s1. The van der Waals surface area contributed by atoms with Crippen molar-refractivity contribution in [3.63, 3.8) is 0 Å². The van der Waals surface area contributed by atoms with Crippen LogP contribution in [0.1, 0.15) is 20.8 Å². The minimum absolute atomic E-state index is 0.128. The highest BCUT2D eigenvalue weighted by Gasteiger charge is 2.49. The molecule has 122 valence electrons. The third-order valence-corrected chi connectivity index (χ3v) is 3.49. The number of likely N-dealkylation sites (tertiary alicyclic amines) is 1. The second-order valence-corrected chi connectivity index (χ2v) is 6.20. The molecule has 0 bridgehead atoms. The molecule has 1 fully saturated rings. The van der Waals surface area contributed by atoms with Crippen LogP contribution in [0.4, 0.5) is 18.0 Å². The van der Waals surface area contributed by atoms with Crippen LogP contribution in [0.3, 0.4) is 0 Å². The van der Waals surface area contributed by atoms with Gasteiger partial charge in [-0.1, -0.05) is 20.8 Å². The molecule has 1 heterocycles. The molecule has 0 saturated carbocycles. The number of aliphatic hydroxyl groups excluding tert-OH is 1. The number of carboxylic acid groups (broad SMARTS) is 1. The van der Waals surface area contributed by atoms with Gasteiger partial charge in [-0.15, -0.1) is 0 Å². The first-order valence-corrected chi connectivity index (χ1v) is 6.38. The summed E-state index contributed by atoms with van der Waals surface area (Å²) < 4.78 is 36.3. The van der Waals surface area contributed by atoms with Crippen molar-refractivity contribution in [3.05, 3.63) is 0 Å². The summed E-state index contributed by atoms with van der Waals surface area (Å²) in [5, 5.41) is 21.0. The maximum absolute atomic E-state index is 12.1. The molecule has 9 heteroatoms. The van der Waals surface area contributed by atoms with Crippen molar-refractivity contribution in [2.45, 2.75) is 39.1 Å². The fraction of sp³-hybridized carbons (Fsp3) is 0.833. The molecule has 0 aromatic rings. The molecule has 0 spiro atoms. The number of halogens is 3. The lowest BCUT2D eigenvalue weighted by atomic mass is 9.82. The largest absolute Gasteiger partial charge is 0.471 e. The summed E-state index contributed by atoms with van der Waals surface area (Å²) in [6.07, 6.45) is -7.40. The van der Waals surface area contributed by atoms with Gasteiger partial charge < -0.3 is 20.4 Å². The first-order chi connectivity index (χ1) is 9.35. The Morgan fingerprint density at radius 3 is 2.14 bits per heavy atom. The average molecular weight is 312 g/mol. The molecule has 0 radical (unpaired) electrons. The van der Waals surface area contributed by atoms with Crippen LogP contribution < -0.4 is 5.32 Å². The molecule has 6 nitrogen and oxygen atoms in total. The summed E-state index contributed by atoms with van der Waals surface area (Å²) in [5.41, 5.74) is -0.583. The molecule has 3 atom stereocenters. The van der Waals surface area contributed by atoms with Gasteiger partial charge in [-0.3, -0.25) is 4.79 Å². The fourth-order valence-electron chi connectivity index (χ4n) is 2.60. The van der Waals surface area contributed by atoms with Crippen LogP contribution in [0.25, 0.3) is 0 Å². The summed E-state index contributed by atoms with van der Waals surface area (Å²) in [6, 6.07) is -0.747. The van der Waals surface area contributed by atoms with E-state index in [0.29, 0.717) is 0 Å². The molecule has 1 aliphatic heterocycles. The third kappa shape index (κ3) is 3.99. The molecule has 2 amide bonds. The average Bonchev–Trinajstić information content (AvgIpc) is 2.61. The Hall–Kier alpha value is -1.51. The quantitative estimate of drug-likeness (QED) is 0.711. The molecular weight excluding hydrogens is 293 g/mol. The number of carbonyl (C=O) groups excluding carboxylic acids is 1. The second kappa shape index (κ2) is 5.70. The van der Waals surface area contributed by atoms with E-state index in [-0.39, 0.29) is 6.54 Å². The van der Waals surface area contributed by atoms with Crippen LogP contribution in [-0.4, -0.2) is 58.5 Å². The van der Waals surface area contributed by atoms with Gasteiger partial charge in [0.1, 0.15) is 0 Å². The number of alkyl halides is 3. The third-order valence-electron chi connectivity index (χ3n) is 3.49. The highest BCUT2D eigenvalue weighted by Crippen LogP contribution is 2.35. The van der Waals surface area contributed by atoms with Gasteiger partial charge in [-0.05, 0) is 5.41 Å². The van der Waals surface area contributed by atoms with Crippen molar-refractivity contribution in [2.24, 2.45) is 11.3 Å². The predicted octanol–water partition coefficient (Wildman–Crippen LogP) is 1.05. The summed E-state index contributed by atoms with van der Waals surface area (Å²) in [7, 11) is 0. The molecule has 0 aliphatic carbocycles. The van der Waals surface area contributed by atoms with Gasteiger partial charge in [-0.25, -0.2) is 4.79 Å². The summed E-state index contributed by atoms with van der Waals surface area (Å²) in [5.74, 6) is -2.88. The number of carbonyl (C=O) groups is 2.